The lowest BCUT2D eigenvalue weighted by atomic mass is 10.1. The molecule has 2 N–H and O–H groups in total. The van der Waals surface area contributed by atoms with E-state index in [1.54, 1.807) is 21.9 Å². The molecule has 2 aromatic rings. The third-order valence-corrected chi connectivity index (χ3v) is 6.13. The van der Waals surface area contributed by atoms with Gasteiger partial charge in [0, 0.05) is 51.6 Å². The van der Waals surface area contributed by atoms with Crippen molar-refractivity contribution >= 4 is 29.3 Å². The molecular weight excluding hydrogens is 533 g/mol. The van der Waals surface area contributed by atoms with Crippen LogP contribution in [-0.2, 0) is 20.4 Å². The van der Waals surface area contributed by atoms with Crippen LogP contribution < -0.4 is 15.4 Å². The molecule has 1 fully saturated rings. The number of nitrogens with zero attached hydrogens (tertiary/aromatic N) is 4. The van der Waals surface area contributed by atoms with Crippen LogP contribution in [0.5, 0.6) is 5.75 Å². The van der Waals surface area contributed by atoms with E-state index in [1.165, 1.54) is 20.2 Å². The molecule has 1 aromatic heterocycles. The van der Waals surface area contributed by atoms with Crippen molar-refractivity contribution in [2.24, 2.45) is 0 Å². The number of carbonyl (C=O) groups excluding carboxylic acids is 2. The zero-order valence-electron chi connectivity index (χ0n) is 22.8. The van der Waals surface area contributed by atoms with Crippen LogP contribution in [0.4, 0.5) is 30.6 Å². The van der Waals surface area contributed by atoms with Crippen molar-refractivity contribution in [3.05, 3.63) is 35.5 Å². The quantitative estimate of drug-likeness (QED) is 0.351. The minimum absolute atomic E-state index is 0.0226. The van der Waals surface area contributed by atoms with E-state index in [0.29, 0.717) is 70.1 Å². The number of hydrogen-bond donors (Lipinski definition) is 2. The maximum atomic E-state index is 13.1. The minimum Gasteiger partial charge on any atom is -0.495 e. The second-order valence-electron chi connectivity index (χ2n) is 8.89. The summed E-state index contributed by atoms with van der Waals surface area (Å²) >= 11 is 0. The number of aromatic nitrogens is 2. The maximum absolute atomic E-state index is 13.1. The van der Waals surface area contributed by atoms with Gasteiger partial charge in [0.05, 0.1) is 39.0 Å². The highest BCUT2D eigenvalue weighted by Crippen LogP contribution is 2.34. The summed E-state index contributed by atoms with van der Waals surface area (Å²) in [5.41, 5.74) is -0.253. The number of halogens is 3. The number of hydrogen-bond acceptors (Lipinski definition) is 9. The van der Waals surface area contributed by atoms with Crippen molar-refractivity contribution in [2.75, 3.05) is 77.4 Å². The molecule has 0 unspecified atom stereocenters. The van der Waals surface area contributed by atoms with Crippen molar-refractivity contribution in [3.8, 4) is 5.75 Å². The fourth-order valence-electron chi connectivity index (χ4n) is 4.01. The number of alkyl halides is 3. The van der Waals surface area contributed by atoms with E-state index >= 15 is 0 Å². The molecule has 0 atom stereocenters. The van der Waals surface area contributed by atoms with Gasteiger partial charge in [0.25, 0.3) is 5.91 Å². The zero-order valence-corrected chi connectivity index (χ0v) is 22.8. The van der Waals surface area contributed by atoms with Gasteiger partial charge in [0.1, 0.15) is 17.1 Å². The van der Waals surface area contributed by atoms with Crippen LogP contribution >= 0.6 is 0 Å². The molecule has 220 valence electrons. The first kappa shape index (κ1) is 30.9. The summed E-state index contributed by atoms with van der Waals surface area (Å²) in [6.45, 7) is 5.58. The van der Waals surface area contributed by atoms with Gasteiger partial charge in [-0.1, -0.05) is 6.92 Å². The second-order valence-corrected chi connectivity index (χ2v) is 8.89. The average molecular weight is 569 g/mol. The Labute approximate surface area is 231 Å². The van der Waals surface area contributed by atoms with Crippen LogP contribution in [0.25, 0.3) is 0 Å². The molecule has 0 radical (unpaired) electrons. The molecule has 0 aliphatic carbocycles. The molecule has 40 heavy (non-hydrogen) atoms. The van der Waals surface area contributed by atoms with Crippen molar-refractivity contribution in [1.29, 1.82) is 0 Å². The fraction of sp³-hybridized carbons (Fsp3) is 0.538. The molecule has 1 aromatic carbocycles. The Balaban J connectivity index is 1.54. The van der Waals surface area contributed by atoms with Gasteiger partial charge in [-0.3, -0.25) is 9.59 Å². The summed E-state index contributed by atoms with van der Waals surface area (Å²) < 4.78 is 55.6. The highest BCUT2D eigenvalue weighted by atomic mass is 19.4. The average Bonchev–Trinajstić information content (AvgIpc) is 2.95. The Kier molecular flexibility index (Phi) is 11.3. The molecule has 14 heteroatoms. The van der Waals surface area contributed by atoms with Gasteiger partial charge >= 0.3 is 6.18 Å². The number of nitrogens with one attached hydrogen (secondary N) is 2. The molecule has 0 spiro atoms. The minimum atomic E-state index is -4.60. The van der Waals surface area contributed by atoms with Crippen LogP contribution in [-0.4, -0.2) is 98.3 Å². The number of rotatable bonds is 13. The smallest absolute Gasteiger partial charge is 0.421 e. The number of amides is 2. The maximum Gasteiger partial charge on any atom is 0.421 e. The number of benzene rings is 1. The summed E-state index contributed by atoms with van der Waals surface area (Å²) in [5.74, 6) is -0.417. The van der Waals surface area contributed by atoms with E-state index in [-0.39, 0.29) is 35.8 Å². The number of anilines is 3. The Morgan fingerprint density at radius 2 is 1.70 bits per heavy atom. The summed E-state index contributed by atoms with van der Waals surface area (Å²) in [7, 11) is 2.74. The van der Waals surface area contributed by atoms with Gasteiger partial charge in [0.15, 0.2) is 0 Å². The van der Waals surface area contributed by atoms with E-state index in [0.717, 1.165) is 6.42 Å². The van der Waals surface area contributed by atoms with E-state index in [2.05, 4.69) is 20.6 Å². The summed E-state index contributed by atoms with van der Waals surface area (Å²) in [5, 5.41) is 5.25. The lowest BCUT2D eigenvalue weighted by molar-refractivity contribution is -0.137. The van der Waals surface area contributed by atoms with Gasteiger partial charge in [-0.2, -0.15) is 18.2 Å². The van der Waals surface area contributed by atoms with Gasteiger partial charge in [0.2, 0.25) is 11.9 Å². The van der Waals surface area contributed by atoms with Gasteiger partial charge < -0.3 is 34.6 Å². The molecule has 0 saturated carbocycles. The van der Waals surface area contributed by atoms with E-state index < -0.39 is 11.7 Å². The molecular formula is C26H35F3N6O5. The summed E-state index contributed by atoms with van der Waals surface area (Å²) in [4.78, 5) is 36.6. The van der Waals surface area contributed by atoms with Gasteiger partial charge in [-0.15, -0.1) is 0 Å². The number of methoxy groups -OCH3 is 1. The molecule has 2 heterocycles. The van der Waals surface area contributed by atoms with E-state index in [9.17, 15) is 22.8 Å². The molecule has 1 saturated heterocycles. The van der Waals surface area contributed by atoms with E-state index in [4.69, 9.17) is 14.2 Å². The number of piperazine rings is 1. The highest BCUT2D eigenvalue weighted by Gasteiger charge is 2.35. The normalized spacial score (nSPS) is 13.8. The van der Waals surface area contributed by atoms with Crippen LogP contribution in [0.1, 0.15) is 35.7 Å². The van der Waals surface area contributed by atoms with E-state index in [1.807, 2.05) is 6.92 Å². The predicted octanol–water partition coefficient (Wildman–Crippen LogP) is 3.41. The molecule has 11 nitrogen and oxygen atoms in total. The Bertz CT molecular complexity index is 1140. The largest absolute Gasteiger partial charge is 0.495 e. The molecule has 1 aliphatic rings. The highest BCUT2D eigenvalue weighted by molar-refractivity contribution is 5.95. The lowest BCUT2D eigenvalue weighted by Gasteiger charge is -2.35. The monoisotopic (exact) mass is 568 g/mol. The topological polar surface area (TPSA) is 118 Å². The van der Waals surface area contributed by atoms with Crippen molar-refractivity contribution in [1.82, 2.24) is 19.8 Å². The van der Waals surface area contributed by atoms with Crippen molar-refractivity contribution in [2.45, 2.75) is 25.9 Å². The Morgan fingerprint density at radius 3 is 2.33 bits per heavy atom. The van der Waals surface area contributed by atoms with Gasteiger partial charge in [-0.05, 0) is 24.6 Å². The molecule has 2 amide bonds. The standard InChI is InChI=1S/C26H35F3N6O5/c1-4-12-39-14-15-40-13-7-22(36)34-8-10-35(11-9-34)24(37)18-5-6-20(21(16-18)38-3)32-25-31-17-19(26(27,28)29)23(30-2)33-25/h5-6,16-17H,4,7-15H2,1-3H3,(H2,30,31,32,33). The van der Waals surface area contributed by atoms with Crippen LogP contribution in [0, 0.1) is 0 Å². The first-order chi connectivity index (χ1) is 19.2. The summed E-state index contributed by atoms with van der Waals surface area (Å²) in [6, 6.07) is 4.68. The second kappa shape index (κ2) is 14.7. The lowest BCUT2D eigenvalue weighted by Crippen LogP contribution is -2.50. The van der Waals surface area contributed by atoms with Crippen LogP contribution in [0.15, 0.2) is 24.4 Å². The zero-order chi connectivity index (χ0) is 29.1. The van der Waals surface area contributed by atoms with Crippen molar-refractivity contribution < 1.29 is 37.0 Å². The number of carbonyl (C=O) groups is 2. The SMILES string of the molecule is CCCOCCOCCC(=O)N1CCN(C(=O)c2ccc(Nc3ncc(C(F)(F)F)c(NC)n3)c(OC)c2)CC1. The Hall–Kier alpha value is -3.65. The predicted molar refractivity (Wildman–Crippen MR) is 142 cm³/mol. The first-order valence-corrected chi connectivity index (χ1v) is 13.0. The third kappa shape index (κ3) is 8.42. The van der Waals surface area contributed by atoms with Crippen molar-refractivity contribution in [3.63, 3.8) is 0 Å². The fourth-order valence-corrected chi connectivity index (χ4v) is 4.01. The van der Waals surface area contributed by atoms with Crippen LogP contribution in [0.3, 0.4) is 0 Å². The van der Waals surface area contributed by atoms with Crippen LogP contribution in [0.2, 0.25) is 0 Å². The van der Waals surface area contributed by atoms with Gasteiger partial charge in [-0.25, -0.2) is 4.98 Å². The molecule has 3 rings (SSSR count). The molecule has 0 bridgehead atoms. The summed E-state index contributed by atoms with van der Waals surface area (Å²) in [6.07, 6.45) is -2.70. The Morgan fingerprint density at radius 1 is 1.02 bits per heavy atom. The first-order valence-electron chi connectivity index (χ1n) is 13.0. The number of ether oxygens (including phenoxy) is 3. The molecule has 1 aliphatic heterocycles. The third-order valence-electron chi connectivity index (χ3n) is 6.13.